The number of rotatable bonds is 6. The van der Waals surface area contributed by atoms with Crippen LogP contribution in [0.25, 0.3) is 11.4 Å². The molecule has 0 spiro atoms. The van der Waals surface area contributed by atoms with Gasteiger partial charge in [-0.15, -0.1) is 0 Å². The van der Waals surface area contributed by atoms with Crippen LogP contribution in [-0.2, 0) is 17.7 Å². The summed E-state index contributed by atoms with van der Waals surface area (Å²) >= 11 is 0. The van der Waals surface area contributed by atoms with Gasteiger partial charge >= 0.3 is 5.97 Å². The number of methoxy groups -OCH3 is 2. The van der Waals surface area contributed by atoms with Crippen LogP contribution in [0.3, 0.4) is 0 Å². The second-order valence-electron chi connectivity index (χ2n) is 5.41. The Kier molecular flexibility index (Phi) is 5.42. The molecule has 5 heteroatoms. The van der Waals surface area contributed by atoms with Crippen molar-refractivity contribution in [2.45, 2.75) is 40.2 Å². The molecule has 0 saturated heterocycles. The summed E-state index contributed by atoms with van der Waals surface area (Å²) in [6.45, 7) is 6.95. The Balaban J connectivity index is 2.63. The molecule has 0 aliphatic rings. The third kappa shape index (κ3) is 3.23. The van der Waals surface area contributed by atoms with Gasteiger partial charge in [0.05, 0.1) is 19.9 Å². The van der Waals surface area contributed by atoms with Crippen molar-refractivity contribution in [3.05, 3.63) is 35.2 Å². The summed E-state index contributed by atoms with van der Waals surface area (Å²) in [5.41, 5.74) is 3.34. The van der Waals surface area contributed by atoms with E-state index in [0.29, 0.717) is 5.69 Å². The van der Waals surface area contributed by atoms with E-state index >= 15 is 0 Å². The van der Waals surface area contributed by atoms with E-state index in [9.17, 15) is 4.79 Å². The predicted molar refractivity (Wildman–Crippen MR) is 90.0 cm³/mol. The molecule has 0 aliphatic carbocycles. The van der Waals surface area contributed by atoms with E-state index in [1.807, 2.05) is 32.0 Å². The van der Waals surface area contributed by atoms with E-state index in [2.05, 4.69) is 16.5 Å². The molecule has 23 heavy (non-hydrogen) atoms. The number of esters is 1. The van der Waals surface area contributed by atoms with Crippen LogP contribution >= 0.6 is 0 Å². The van der Waals surface area contributed by atoms with E-state index in [1.54, 1.807) is 7.11 Å². The molecular weight excluding hydrogens is 292 g/mol. The number of carbonyl (C=O) groups excluding carboxylic acids is 1. The van der Waals surface area contributed by atoms with Gasteiger partial charge in [0.25, 0.3) is 0 Å². The average Bonchev–Trinajstić information content (AvgIpc) is 2.92. The van der Waals surface area contributed by atoms with Gasteiger partial charge in [-0.25, -0.2) is 9.78 Å². The lowest BCUT2D eigenvalue weighted by atomic mass is 10.1. The first kappa shape index (κ1) is 17.1. The van der Waals surface area contributed by atoms with Gasteiger partial charge in [0.15, 0.2) is 5.69 Å². The smallest absolute Gasteiger partial charge is 0.358 e. The van der Waals surface area contributed by atoms with Crippen LogP contribution in [0.2, 0.25) is 0 Å². The normalized spacial score (nSPS) is 10.7. The topological polar surface area (TPSA) is 53.4 Å². The number of ether oxygens (including phenoxy) is 2. The standard InChI is InChI=1S/C18H24N2O3/c1-6-10-20-14(7-2)16(18(21)23-5)19-17(20)13-8-9-15(22-4)12(3)11-13/h8-9,11H,6-7,10H2,1-5H3. The Morgan fingerprint density at radius 1 is 1.26 bits per heavy atom. The van der Waals surface area contributed by atoms with Gasteiger partial charge in [0.1, 0.15) is 11.6 Å². The van der Waals surface area contributed by atoms with Crippen LogP contribution in [0.5, 0.6) is 5.75 Å². The van der Waals surface area contributed by atoms with Crippen molar-refractivity contribution in [2.75, 3.05) is 14.2 Å². The van der Waals surface area contributed by atoms with Gasteiger partial charge in [0.2, 0.25) is 0 Å². The molecule has 0 N–H and O–H groups in total. The number of aromatic nitrogens is 2. The van der Waals surface area contributed by atoms with Crippen LogP contribution in [0.15, 0.2) is 18.2 Å². The summed E-state index contributed by atoms with van der Waals surface area (Å²) in [4.78, 5) is 16.6. The molecule has 0 amide bonds. The van der Waals surface area contributed by atoms with Gasteiger partial charge in [-0.1, -0.05) is 13.8 Å². The lowest BCUT2D eigenvalue weighted by Gasteiger charge is -2.12. The molecule has 0 atom stereocenters. The largest absolute Gasteiger partial charge is 0.496 e. The zero-order valence-corrected chi connectivity index (χ0v) is 14.5. The van der Waals surface area contributed by atoms with Crippen LogP contribution in [0, 0.1) is 6.92 Å². The van der Waals surface area contributed by atoms with Gasteiger partial charge in [0, 0.05) is 12.1 Å². The number of imidazole rings is 1. The molecule has 0 saturated carbocycles. The van der Waals surface area contributed by atoms with Crippen molar-refractivity contribution in [2.24, 2.45) is 0 Å². The summed E-state index contributed by atoms with van der Waals surface area (Å²) in [5, 5.41) is 0. The molecule has 2 rings (SSSR count). The SMILES string of the molecule is CCCn1c(-c2ccc(OC)c(C)c2)nc(C(=O)OC)c1CC. The minimum absolute atomic E-state index is 0.386. The maximum atomic E-state index is 12.0. The van der Waals surface area contributed by atoms with Crippen LogP contribution < -0.4 is 4.74 Å². The lowest BCUT2D eigenvalue weighted by Crippen LogP contribution is -2.08. The Morgan fingerprint density at radius 2 is 2.00 bits per heavy atom. The van der Waals surface area contributed by atoms with Gasteiger partial charge in [-0.2, -0.15) is 0 Å². The van der Waals surface area contributed by atoms with E-state index in [4.69, 9.17) is 9.47 Å². The molecule has 1 aromatic heterocycles. The Labute approximate surface area is 137 Å². The fraction of sp³-hybridized carbons (Fsp3) is 0.444. The molecule has 124 valence electrons. The summed E-state index contributed by atoms with van der Waals surface area (Å²) < 4.78 is 12.3. The molecule has 0 fully saturated rings. The van der Waals surface area contributed by atoms with Crippen molar-refractivity contribution in [3.8, 4) is 17.1 Å². The zero-order chi connectivity index (χ0) is 17.0. The maximum Gasteiger partial charge on any atom is 0.358 e. The Hall–Kier alpha value is -2.30. The van der Waals surface area contributed by atoms with Crippen LogP contribution in [0.4, 0.5) is 0 Å². The lowest BCUT2D eigenvalue weighted by molar-refractivity contribution is 0.0593. The highest BCUT2D eigenvalue weighted by Gasteiger charge is 2.22. The first-order chi connectivity index (χ1) is 11.1. The number of aryl methyl sites for hydroxylation is 1. The molecule has 2 aromatic rings. The molecule has 0 unspecified atom stereocenters. The third-order valence-corrected chi connectivity index (χ3v) is 3.89. The van der Waals surface area contributed by atoms with E-state index in [1.165, 1.54) is 7.11 Å². The van der Waals surface area contributed by atoms with Crippen molar-refractivity contribution in [1.29, 1.82) is 0 Å². The van der Waals surface area contributed by atoms with E-state index in [0.717, 1.165) is 47.8 Å². The quantitative estimate of drug-likeness (QED) is 0.764. The Morgan fingerprint density at radius 3 is 2.52 bits per heavy atom. The summed E-state index contributed by atoms with van der Waals surface area (Å²) in [5.74, 6) is 1.25. The summed E-state index contributed by atoms with van der Waals surface area (Å²) in [7, 11) is 3.04. The fourth-order valence-electron chi connectivity index (χ4n) is 2.81. The zero-order valence-electron chi connectivity index (χ0n) is 14.5. The second kappa shape index (κ2) is 7.31. The number of carbonyl (C=O) groups is 1. The van der Waals surface area contributed by atoms with Crippen molar-refractivity contribution >= 4 is 5.97 Å². The number of hydrogen-bond acceptors (Lipinski definition) is 4. The minimum atomic E-state index is -0.386. The number of hydrogen-bond donors (Lipinski definition) is 0. The highest BCUT2D eigenvalue weighted by Crippen LogP contribution is 2.28. The van der Waals surface area contributed by atoms with Gasteiger partial charge in [-0.05, 0) is 43.5 Å². The van der Waals surface area contributed by atoms with Crippen molar-refractivity contribution in [3.63, 3.8) is 0 Å². The van der Waals surface area contributed by atoms with Gasteiger partial charge < -0.3 is 14.0 Å². The van der Waals surface area contributed by atoms with Crippen LogP contribution in [-0.4, -0.2) is 29.7 Å². The monoisotopic (exact) mass is 316 g/mol. The molecule has 5 nitrogen and oxygen atoms in total. The molecule has 0 radical (unpaired) electrons. The highest BCUT2D eigenvalue weighted by molar-refractivity contribution is 5.89. The fourth-order valence-corrected chi connectivity index (χ4v) is 2.81. The second-order valence-corrected chi connectivity index (χ2v) is 5.41. The molecule has 0 bridgehead atoms. The third-order valence-electron chi connectivity index (χ3n) is 3.89. The molecular formula is C18H24N2O3. The van der Waals surface area contributed by atoms with Crippen molar-refractivity contribution in [1.82, 2.24) is 9.55 Å². The van der Waals surface area contributed by atoms with Crippen LogP contribution in [0.1, 0.15) is 42.0 Å². The first-order valence-electron chi connectivity index (χ1n) is 7.90. The summed E-state index contributed by atoms with van der Waals surface area (Å²) in [6, 6.07) is 5.94. The number of benzene rings is 1. The van der Waals surface area contributed by atoms with Gasteiger partial charge in [-0.3, -0.25) is 0 Å². The van der Waals surface area contributed by atoms with E-state index in [-0.39, 0.29) is 5.97 Å². The van der Waals surface area contributed by atoms with E-state index < -0.39 is 0 Å². The predicted octanol–water partition coefficient (Wildman–Crippen LogP) is 3.63. The maximum absolute atomic E-state index is 12.0. The first-order valence-corrected chi connectivity index (χ1v) is 7.90. The summed E-state index contributed by atoms with van der Waals surface area (Å²) in [6.07, 6.45) is 1.69. The molecule has 0 aliphatic heterocycles. The molecule has 1 aromatic carbocycles. The molecule has 1 heterocycles. The minimum Gasteiger partial charge on any atom is -0.496 e. The van der Waals surface area contributed by atoms with Crippen molar-refractivity contribution < 1.29 is 14.3 Å². The average molecular weight is 316 g/mol. The highest BCUT2D eigenvalue weighted by atomic mass is 16.5. The Bertz CT molecular complexity index is 705. The number of nitrogens with zero attached hydrogens (tertiary/aromatic N) is 2.